The maximum atomic E-state index is 12.9. The number of halogens is 3. The Hall–Kier alpha value is -1.38. The zero-order chi connectivity index (χ0) is 14.5. The van der Waals surface area contributed by atoms with Crippen molar-refractivity contribution in [3.63, 3.8) is 0 Å². The molecular formula is C11H12F3N3O2S. The first-order chi connectivity index (χ1) is 9.36. The number of hydrogen-bond donors (Lipinski definition) is 1. The van der Waals surface area contributed by atoms with Gasteiger partial charge in [0.1, 0.15) is 5.82 Å². The van der Waals surface area contributed by atoms with Gasteiger partial charge in [0.05, 0.1) is 11.8 Å². The molecule has 2 fully saturated rings. The van der Waals surface area contributed by atoms with Crippen molar-refractivity contribution in [1.29, 1.82) is 0 Å². The molecule has 1 N–H and O–H groups in total. The molecule has 1 saturated heterocycles. The van der Waals surface area contributed by atoms with E-state index in [9.17, 15) is 18.0 Å². The van der Waals surface area contributed by atoms with Gasteiger partial charge in [-0.25, -0.2) is 4.98 Å². The molecule has 1 aromatic heterocycles. The summed E-state index contributed by atoms with van der Waals surface area (Å²) in [7, 11) is 0. The zero-order valence-electron chi connectivity index (χ0n) is 10.3. The number of alkyl halides is 3. The Balaban J connectivity index is 1.79. The molecule has 3 rings (SSSR count). The highest BCUT2D eigenvalue weighted by Gasteiger charge is 2.53. The number of carboxylic acid groups (broad SMARTS) is 1. The van der Waals surface area contributed by atoms with Crippen LogP contribution < -0.4 is 4.90 Å². The lowest BCUT2D eigenvalue weighted by molar-refractivity contribution is -0.187. The van der Waals surface area contributed by atoms with Gasteiger partial charge in [0.2, 0.25) is 5.13 Å². The molecule has 0 spiro atoms. The van der Waals surface area contributed by atoms with Crippen LogP contribution >= 0.6 is 11.5 Å². The van der Waals surface area contributed by atoms with Gasteiger partial charge in [-0.05, 0) is 12.8 Å². The van der Waals surface area contributed by atoms with Crippen LogP contribution in [0.1, 0.15) is 24.6 Å². The summed E-state index contributed by atoms with van der Waals surface area (Å²) in [6.07, 6.45) is -2.49. The summed E-state index contributed by atoms with van der Waals surface area (Å²) in [5.41, 5.74) is 0. The number of anilines is 1. The molecule has 0 bridgehead atoms. The first kappa shape index (κ1) is 13.6. The van der Waals surface area contributed by atoms with Gasteiger partial charge in [-0.2, -0.15) is 17.5 Å². The van der Waals surface area contributed by atoms with E-state index in [0.29, 0.717) is 16.9 Å². The van der Waals surface area contributed by atoms with Gasteiger partial charge in [-0.15, -0.1) is 0 Å². The minimum Gasteiger partial charge on any atom is -0.481 e. The molecule has 1 aliphatic carbocycles. The summed E-state index contributed by atoms with van der Waals surface area (Å²) < 4.78 is 42.8. The van der Waals surface area contributed by atoms with Gasteiger partial charge in [0, 0.05) is 30.5 Å². The van der Waals surface area contributed by atoms with Gasteiger partial charge >= 0.3 is 12.1 Å². The van der Waals surface area contributed by atoms with Crippen molar-refractivity contribution in [2.24, 2.45) is 11.8 Å². The molecular weight excluding hydrogens is 295 g/mol. The summed E-state index contributed by atoms with van der Waals surface area (Å²) in [6, 6.07) is 0. The summed E-state index contributed by atoms with van der Waals surface area (Å²) in [6.45, 7) is -0.529. The normalized spacial score (nSPS) is 27.1. The molecule has 0 unspecified atom stereocenters. The Bertz CT molecular complexity index is 529. The van der Waals surface area contributed by atoms with Crippen molar-refractivity contribution >= 4 is 22.6 Å². The molecule has 1 aliphatic heterocycles. The smallest absolute Gasteiger partial charge is 0.394 e. The molecule has 1 saturated carbocycles. The minimum atomic E-state index is -4.51. The van der Waals surface area contributed by atoms with Gasteiger partial charge in [0.25, 0.3) is 0 Å². The number of carbonyl (C=O) groups is 1. The number of aliphatic carboxylic acids is 1. The van der Waals surface area contributed by atoms with Crippen LogP contribution in [0.25, 0.3) is 0 Å². The number of nitrogens with zero attached hydrogens (tertiary/aromatic N) is 3. The number of rotatable bonds is 3. The fraction of sp³-hybridized carbons (Fsp3) is 0.727. The van der Waals surface area contributed by atoms with E-state index in [1.165, 1.54) is 4.90 Å². The summed E-state index contributed by atoms with van der Waals surface area (Å²) in [4.78, 5) is 16.6. The quantitative estimate of drug-likeness (QED) is 0.926. The van der Waals surface area contributed by atoms with Crippen LogP contribution in [0, 0.1) is 11.8 Å². The molecule has 9 heteroatoms. The third-order valence-electron chi connectivity index (χ3n) is 3.70. The van der Waals surface area contributed by atoms with E-state index in [2.05, 4.69) is 9.36 Å². The van der Waals surface area contributed by atoms with Crippen LogP contribution in [0.15, 0.2) is 0 Å². The second kappa shape index (κ2) is 4.57. The molecule has 2 atom stereocenters. The molecule has 5 nitrogen and oxygen atoms in total. The van der Waals surface area contributed by atoms with E-state index >= 15 is 0 Å². The maximum absolute atomic E-state index is 12.9. The molecule has 0 amide bonds. The lowest BCUT2D eigenvalue weighted by atomic mass is 9.96. The first-order valence-corrected chi connectivity index (χ1v) is 7.01. The molecule has 0 radical (unpaired) electrons. The van der Waals surface area contributed by atoms with Crippen LogP contribution in [0.2, 0.25) is 0 Å². The Morgan fingerprint density at radius 1 is 1.35 bits per heavy atom. The third kappa shape index (κ3) is 2.46. The highest BCUT2D eigenvalue weighted by molar-refractivity contribution is 7.09. The lowest BCUT2D eigenvalue weighted by Crippen LogP contribution is -2.33. The maximum Gasteiger partial charge on any atom is 0.394 e. The van der Waals surface area contributed by atoms with Crippen LogP contribution in [-0.4, -0.2) is 39.7 Å². The van der Waals surface area contributed by atoms with E-state index in [1.54, 1.807) is 0 Å². The van der Waals surface area contributed by atoms with Crippen molar-refractivity contribution in [3.05, 3.63) is 5.82 Å². The molecule has 2 aliphatic rings. The summed E-state index contributed by atoms with van der Waals surface area (Å²) in [5, 5.41) is 9.35. The van der Waals surface area contributed by atoms with E-state index in [0.717, 1.165) is 24.4 Å². The number of hydrogen-bond acceptors (Lipinski definition) is 5. The predicted octanol–water partition coefficient (Wildman–Crippen LogP) is 2.11. The fourth-order valence-corrected chi connectivity index (χ4v) is 3.17. The van der Waals surface area contributed by atoms with E-state index in [-0.39, 0.29) is 13.1 Å². The fourth-order valence-electron chi connectivity index (χ4n) is 2.40. The van der Waals surface area contributed by atoms with Crippen molar-refractivity contribution in [2.45, 2.75) is 24.9 Å². The predicted molar refractivity (Wildman–Crippen MR) is 64.8 cm³/mol. The van der Waals surface area contributed by atoms with Crippen molar-refractivity contribution < 1.29 is 23.1 Å². The van der Waals surface area contributed by atoms with E-state index in [1.807, 2.05) is 0 Å². The SMILES string of the molecule is O=C(O)[C@@H]1CN(c2nc(C3CC3)ns2)C[C@H]1C(F)(F)F. The minimum absolute atomic E-state index is 0.168. The van der Waals surface area contributed by atoms with Crippen LogP contribution in [0.4, 0.5) is 18.3 Å². The molecule has 20 heavy (non-hydrogen) atoms. The molecule has 110 valence electrons. The average molecular weight is 307 g/mol. The molecule has 2 heterocycles. The zero-order valence-corrected chi connectivity index (χ0v) is 11.1. The van der Waals surface area contributed by atoms with Gasteiger partial charge in [-0.3, -0.25) is 4.79 Å². The third-order valence-corrected chi connectivity index (χ3v) is 4.49. The molecule has 0 aromatic carbocycles. The van der Waals surface area contributed by atoms with Gasteiger partial charge in [0.15, 0.2) is 0 Å². The molecule has 1 aromatic rings. The van der Waals surface area contributed by atoms with Crippen LogP contribution in [0.5, 0.6) is 0 Å². The van der Waals surface area contributed by atoms with Gasteiger partial charge < -0.3 is 10.0 Å². The summed E-state index contributed by atoms with van der Waals surface area (Å²) >= 11 is 1.05. The van der Waals surface area contributed by atoms with Crippen molar-refractivity contribution in [1.82, 2.24) is 9.36 Å². The summed E-state index contributed by atoms with van der Waals surface area (Å²) in [5.74, 6) is -3.71. The average Bonchev–Trinajstić information content (AvgIpc) is 2.92. The second-order valence-electron chi connectivity index (χ2n) is 5.21. The standard InChI is InChI=1S/C11H12F3N3O2S/c12-11(13,14)7-4-17(3-6(7)9(18)19)10-15-8(16-20-10)5-1-2-5/h5-7H,1-4H2,(H,18,19)/t6-,7-/m1/s1. The van der Waals surface area contributed by atoms with E-state index in [4.69, 9.17) is 5.11 Å². The lowest BCUT2D eigenvalue weighted by Gasteiger charge is -2.17. The highest BCUT2D eigenvalue weighted by Crippen LogP contribution is 2.42. The van der Waals surface area contributed by atoms with Crippen LogP contribution in [0.3, 0.4) is 0 Å². The monoisotopic (exact) mass is 307 g/mol. The Morgan fingerprint density at radius 3 is 2.55 bits per heavy atom. The van der Waals surface area contributed by atoms with Crippen molar-refractivity contribution in [3.8, 4) is 0 Å². The second-order valence-corrected chi connectivity index (χ2v) is 5.94. The van der Waals surface area contributed by atoms with E-state index < -0.39 is 24.0 Å². The largest absolute Gasteiger partial charge is 0.481 e. The number of carboxylic acids is 1. The Kier molecular flexibility index (Phi) is 3.11. The van der Waals surface area contributed by atoms with Crippen LogP contribution in [-0.2, 0) is 4.79 Å². The van der Waals surface area contributed by atoms with Crippen molar-refractivity contribution in [2.75, 3.05) is 18.0 Å². The first-order valence-electron chi connectivity index (χ1n) is 6.24. The van der Waals surface area contributed by atoms with Gasteiger partial charge in [-0.1, -0.05) is 0 Å². The highest BCUT2D eigenvalue weighted by atomic mass is 32.1. The number of aromatic nitrogens is 2. The Labute approximate surface area is 116 Å². The Morgan fingerprint density at radius 2 is 2.05 bits per heavy atom. The topological polar surface area (TPSA) is 66.3 Å².